The second-order valence-electron chi connectivity index (χ2n) is 17.3. The van der Waals surface area contributed by atoms with E-state index in [2.05, 4.69) is 149 Å². The molecule has 1 aliphatic carbocycles. The molecular weight excluding hydrogens is 660 g/mol. The van der Waals surface area contributed by atoms with Crippen molar-refractivity contribution in [2.45, 2.75) is 65.1 Å². The van der Waals surface area contributed by atoms with Crippen LogP contribution in [0.4, 0.5) is 17.1 Å². The summed E-state index contributed by atoms with van der Waals surface area (Å²) in [4.78, 5) is 14.5. The summed E-state index contributed by atoms with van der Waals surface area (Å²) in [5.41, 5.74) is 8.88. The number of carbonyl (C=O) groups excluding carboxylic acids is 1. The zero-order chi connectivity index (χ0) is 37.7. The maximum atomic E-state index is 14.5. The molecule has 7 heteroatoms. The van der Waals surface area contributed by atoms with E-state index in [0.29, 0.717) is 10.8 Å². The minimum atomic E-state index is -0.235. The van der Waals surface area contributed by atoms with Crippen molar-refractivity contribution in [2.24, 2.45) is 0 Å². The van der Waals surface area contributed by atoms with Crippen LogP contribution in [0.3, 0.4) is 0 Å². The van der Waals surface area contributed by atoms with Gasteiger partial charge in [-0.05, 0) is 66.6 Å². The molecule has 0 radical (unpaired) electrons. The summed E-state index contributed by atoms with van der Waals surface area (Å²) < 4.78 is 0. The van der Waals surface area contributed by atoms with Gasteiger partial charge in [-0.1, -0.05) is 163 Å². The highest BCUT2D eigenvalue weighted by Gasteiger charge is 2.35. The van der Waals surface area contributed by atoms with E-state index in [-0.39, 0.29) is 53.2 Å². The van der Waals surface area contributed by atoms with Crippen LogP contribution in [0.25, 0.3) is 38.8 Å². The molecule has 5 nitrogen and oxygen atoms in total. The molecule has 2 heterocycles. The van der Waals surface area contributed by atoms with E-state index in [1.165, 1.54) is 16.6 Å². The molecule has 9 rings (SSSR count). The number of allylic oxidation sites excluding steroid dienone is 2. The number of Topliss-reactive ketones (excluding diaryl/α,β-unsaturated/α-hetero) is 1. The molecule has 0 aromatic heterocycles. The van der Waals surface area contributed by atoms with Crippen molar-refractivity contribution in [3.63, 3.8) is 0 Å². The number of carbonyl (C=O) groups is 1. The Morgan fingerprint density at radius 1 is 0.611 bits per heavy atom. The fraction of sp³-hybridized carbons (Fsp3) is 0.213. The molecule has 1 unspecified atom stereocenters. The van der Waals surface area contributed by atoms with E-state index < -0.39 is 0 Å². The Bertz CT molecular complexity index is 2700. The first-order valence-electron chi connectivity index (χ1n) is 19.1. The maximum absolute atomic E-state index is 14.5. The van der Waals surface area contributed by atoms with Crippen LogP contribution >= 0.6 is 0 Å². The quantitative estimate of drug-likeness (QED) is 0.177. The Balaban J connectivity index is 1.17. The van der Waals surface area contributed by atoms with Gasteiger partial charge in [-0.3, -0.25) is 4.79 Å². The molecule has 0 amide bonds. The molecule has 0 spiro atoms. The van der Waals surface area contributed by atoms with Crippen LogP contribution in [-0.2, 0) is 15.6 Å². The van der Waals surface area contributed by atoms with Crippen molar-refractivity contribution < 1.29 is 9.90 Å². The molecule has 1 atom stereocenters. The molecular formula is C47H44B2N3O2-. The minimum absolute atomic E-state index is 0.0157. The molecule has 0 saturated heterocycles. The van der Waals surface area contributed by atoms with Crippen LogP contribution in [0, 0.1) is 0 Å². The smallest absolute Gasteiger partial charge is 0.406 e. The topological polar surface area (TPSA) is 76.2 Å². The molecule has 2 aliphatic heterocycles. The fourth-order valence-corrected chi connectivity index (χ4v) is 8.57. The molecule has 6 aromatic rings. The first kappa shape index (κ1) is 34.1. The van der Waals surface area contributed by atoms with Crippen molar-refractivity contribution in [1.29, 1.82) is 0 Å². The summed E-state index contributed by atoms with van der Waals surface area (Å²) in [7, 11) is 0. The first-order chi connectivity index (χ1) is 25.8. The third kappa shape index (κ3) is 5.43. The van der Waals surface area contributed by atoms with Gasteiger partial charge in [-0.2, -0.15) is 0 Å². The molecule has 3 N–H and O–H groups in total. The van der Waals surface area contributed by atoms with E-state index in [1.807, 2.05) is 30.3 Å². The van der Waals surface area contributed by atoms with Gasteiger partial charge in [0.05, 0.1) is 0 Å². The van der Waals surface area contributed by atoms with E-state index in [1.54, 1.807) is 0 Å². The number of benzene rings is 6. The molecule has 0 bridgehead atoms. The Morgan fingerprint density at radius 3 is 1.80 bits per heavy atom. The van der Waals surface area contributed by atoms with Crippen LogP contribution in [0.2, 0.25) is 5.82 Å². The maximum Gasteiger partial charge on any atom is 0.406 e. The molecule has 0 saturated carbocycles. The van der Waals surface area contributed by atoms with Crippen LogP contribution in [0.5, 0.6) is 0 Å². The lowest BCUT2D eigenvalue weighted by molar-refractivity contribution is -0.292. The van der Waals surface area contributed by atoms with Gasteiger partial charge in [0.15, 0.2) is 5.78 Å². The van der Waals surface area contributed by atoms with Gasteiger partial charge in [0.25, 0.3) is 6.85 Å². The molecule has 6 aromatic carbocycles. The van der Waals surface area contributed by atoms with Crippen LogP contribution in [0.1, 0.15) is 65.2 Å². The van der Waals surface area contributed by atoms with Crippen LogP contribution in [-0.4, -0.2) is 19.6 Å². The molecule has 266 valence electrons. The van der Waals surface area contributed by atoms with Gasteiger partial charge in [-0.15, -0.1) is 0 Å². The van der Waals surface area contributed by atoms with Crippen molar-refractivity contribution >= 4 is 86.4 Å². The number of nitrogens with one attached hydrogen (secondary N) is 3. The summed E-state index contributed by atoms with van der Waals surface area (Å²) in [6.07, 6.45) is 2.25. The van der Waals surface area contributed by atoms with E-state index in [9.17, 15) is 9.90 Å². The Kier molecular flexibility index (Phi) is 7.69. The summed E-state index contributed by atoms with van der Waals surface area (Å²) in [6, 6.07) is 38.0. The zero-order valence-electron chi connectivity index (χ0n) is 32.0. The van der Waals surface area contributed by atoms with Crippen molar-refractivity contribution in [2.75, 3.05) is 15.7 Å². The third-order valence-corrected chi connectivity index (χ3v) is 11.7. The van der Waals surface area contributed by atoms with Gasteiger partial charge >= 0.3 is 6.98 Å². The first-order valence-corrected chi connectivity index (χ1v) is 19.1. The van der Waals surface area contributed by atoms with E-state index in [0.717, 1.165) is 49.3 Å². The van der Waals surface area contributed by atoms with Crippen LogP contribution < -0.4 is 42.2 Å². The zero-order valence-corrected chi connectivity index (χ0v) is 32.0. The predicted molar refractivity (Wildman–Crippen MR) is 228 cm³/mol. The second-order valence-corrected chi connectivity index (χ2v) is 17.3. The van der Waals surface area contributed by atoms with Crippen molar-refractivity contribution in [1.82, 2.24) is 0 Å². The van der Waals surface area contributed by atoms with E-state index >= 15 is 0 Å². The molecule has 3 aliphatic rings. The Hall–Kier alpha value is -5.68. The number of hydrogen-bond acceptors (Lipinski definition) is 5. The van der Waals surface area contributed by atoms with Crippen LogP contribution in [0.15, 0.2) is 115 Å². The number of rotatable bonds is 3. The van der Waals surface area contributed by atoms with Gasteiger partial charge in [0.1, 0.15) is 0 Å². The number of ketones is 1. The van der Waals surface area contributed by atoms with Gasteiger partial charge in [0.2, 0.25) is 0 Å². The largest absolute Gasteiger partial charge is 0.871 e. The van der Waals surface area contributed by atoms with Gasteiger partial charge < -0.3 is 20.8 Å². The highest BCUT2D eigenvalue weighted by Crippen LogP contribution is 2.44. The third-order valence-electron chi connectivity index (χ3n) is 11.7. The standard InChI is InChI=1S/C47H45B2N3O2/c1-27-26-36-34(24-14-28-10-8-12-37(39(28)36)50-48(27)32-20-16-30(17-21-32)46(2,3)4)41-44(53)42(45(41)54)35-25-15-29-11-9-13-38-40(29)43(35)52-49(51-38)33-22-18-31(19-23-33)47(5,6)7/h8-27,50-53H,1-7H3/p-1. The van der Waals surface area contributed by atoms with E-state index in [4.69, 9.17) is 0 Å². The van der Waals surface area contributed by atoms with Crippen molar-refractivity contribution in [3.05, 3.63) is 142 Å². The van der Waals surface area contributed by atoms with Gasteiger partial charge in [-0.25, -0.2) is 0 Å². The lowest BCUT2D eigenvalue weighted by Gasteiger charge is -2.35. The molecule has 54 heavy (non-hydrogen) atoms. The average Bonchev–Trinajstić information content (AvgIpc) is 3.30. The monoisotopic (exact) mass is 704 g/mol. The summed E-state index contributed by atoms with van der Waals surface area (Å²) >= 11 is 0. The lowest BCUT2D eigenvalue weighted by Crippen LogP contribution is -2.48. The van der Waals surface area contributed by atoms with Crippen molar-refractivity contribution in [3.8, 4) is 0 Å². The Morgan fingerprint density at radius 2 is 1.19 bits per heavy atom. The fourth-order valence-electron chi connectivity index (χ4n) is 8.57. The Labute approximate surface area is 318 Å². The highest BCUT2D eigenvalue weighted by atomic mass is 16.3. The predicted octanol–water partition coefficient (Wildman–Crippen LogP) is 6.82. The highest BCUT2D eigenvalue weighted by molar-refractivity contribution is 6.80. The lowest BCUT2D eigenvalue weighted by atomic mass is 9.47. The molecule has 0 fully saturated rings. The number of hydrogen-bond donors (Lipinski definition) is 3. The summed E-state index contributed by atoms with van der Waals surface area (Å²) in [5.74, 6) is -0.341. The average molecular weight is 705 g/mol. The van der Waals surface area contributed by atoms with Gasteiger partial charge in [0, 0.05) is 44.5 Å². The second kappa shape index (κ2) is 12.2. The summed E-state index contributed by atoms with van der Waals surface area (Å²) in [5, 5.41) is 31.5. The number of anilines is 3. The normalized spacial score (nSPS) is 17.8. The SMILES string of the molecule is CC1C=c2c(=C3C(=O)C(c4ccc5cccc6c5c4NB(c4ccc(C(C)(C)C)cc4)N6)=C3[O-])ccc3cccc(c23)NB1c1ccc(C(C)(C)C)cc1. The summed E-state index contributed by atoms with van der Waals surface area (Å²) in [6.45, 7) is 15.3. The minimum Gasteiger partial charge on any atom is -0.871 e.